The zero-order valence-corrected chi connectivity index (χ0v) is 6.28. The number of hydrogen-bond acceptors (Lipinski definition) is 3. The Labute approximate surface area is 60.5 Å². The van der Waals surface area contributed by atoms with Gasteiger partial charge in [-0.3, -0.25) is 0 Å². The van der Waals surface area contributed by atoms with Gasteiger partial charge < -0.3 is 0 Å². The minimum absolute atomic E-state index is 0.658. The van der Waals surface area contributed by atoms with E-state index < -0.39 is 0 Å². The summed E-state index contributed by atoms with van der Waals surface area (Å²) in [6.07, 6.45) is 4.54. The van der Waals surface area contributed by atoms with Crippen LogP contribution in [-0.2, 0) is 6.42 Å². The van der Waals surface area contributed by atoms with Gasteiger partial charge in [-0.15, -0.1) is 10.2 Å². The van der Waals surface area contributed by atoms with Crippen LogP contribution in [0.25, 0.3) is 0 Å². The molecule has 54 valence electrons. The molecule has 1 aromatic rings. The van der Waals surface area contributed by atoms with Crippen LogP contribution in [0.4, 0.5) is 0 Å². The molecule has 0 aromatic carbocycles. The van der Waals surface area contributed by atoms with E-state index in [9.17, 15) is 0 Å². The molecule has 1 heterocycles. The number of aromatic nitrogens is 3. The van der Waals surface area contributed by atoms with Gasteiger partial charge in [-0.05, 0) is 23.1 Å². The molecule has 10 heavy (non-hydrogen) atoms. The van der Waals surface area contributed by atoms with E-state index in [0.717, 1.165) is 12.0 Å². The summed E-state index contributed by atoms with van der Waals surface area (Å²) in [7, 11) is 0. The molecular weight excluding hydrogens is 126 g/mol. The Kier molecular flexibility index (Phi) is 2.31. The highest BCUT2D eigenvalue weighted by atomic mass is 15.3. The first-order valence-electron chi connectivity index (χ1n) is 3.41. The molecule has 3 nitrogen and oxygen atoms in total. The van der Waals surface area contributed by atoms with Crippen molar-refractivity contribution in [1.29, 1.82) is 0 Å². The van der Waals surface area contributed by atoms with Crippen LogP contribution in [0.3, 0.4) is 0 Å². The summed E-state index contributed by atoms with van der Waals surface area (Å²) in [4.78, 5) is 0. The van der Waals surface area contributed by atoms with Gasteiger partial charge >= 0.3 is 0 Å². The predicted octanol–water partition coefficient (Wildman–Crippen LogP) is 1.07. The Morgan fingerprint density at radius 2 is 1.90 bits per heavy atom. The summed E-state index contributed by atoms with van der Waals surface area (Å²) >= 11 is 0. The molecule has 3 heteroatoms. The van der Waals surface area contributed by atoms with Gasteiger partial charge in [0.15, 0.2) is 0 Å². The maximum atomic E-state index is 3.68. The summed E-state index contributed by atoms with van der Waals surface area (Å²) in [5, 5.41) is 10.8. The van der Waals surface area contributed by atoms with Crippen LogP contribution in [0.15, 0.2) is 12.4 Å². The largest absolute Gasteiger partial charge is 0.138 e. The Balaban J connectivity index is 2.59. The van der Waals surface area contributed by atoms with Crippen molar-refractivity contribution in [2.75, 3.05) is 0 Å². The fourth-order valence-electron chi connectivity index (χ4n) is 0.840. The molecule has 1 rings (SSSR count). The summed E-state index contributed by atoms with van der Waals surface area (Å²) in [5.74, 6) is 0.658. The average Bonchev–Trinajstić information content (AvgIpc) is 1.88. The first kappa shape index (κ1) is 7.12. The van der Waals surface area contributed by atoms with Gasteiger partial charge in [0, 0.05) is 0 Å². The van der Waals surface area contributed by atoms with Crippen molar-refractivity contribution in [3.63, 3.8) is 0 Å². The van der Waals surface area contributed by atoms with Crippen LogP contribution in [-0.4, -0.2) is 15.4 Å². The van der Waals surface area contributed by atoms with E-state index in [-0.39, 0.29) is 0 Å². The van der Waals surface area contributed by atoms with E-state index in [4.69, 9.17) is 0 Å². The van der Waals surface area contributed by atoms with Gasteiger partial charge in [0.2, 0.25) is 0 Å². The molecule has 0 bridgehead atoms. The van der Waals surface area contributed by atoms with Crippen molar-refractivity contribution in [3.8, 4) is 0 Å². The van der Waals surface area contributed by atoms with E-state index in [0.29, 0.717) is 5.92 Å². The maximum Gasteiger partial charge on any atom is 0.0562 e. The van der Waals surface area contributed by atoms with E-state index in [1.165, 1.54) is 0 Å². The molecule has 0 radical (unpaired) electrons. The average molecular weight is 137 g/mol. The van der Waals surface area contributed by atoms with Crippen LogP contribution in [0.5, 0.6) is 0 Å². The lowest BCUT2D eigenvalue weighted by Gasteiger charge is -2.00. The van der Waals surface area contributed by atoms with E-state index in [1.54, 1.807) is 12.4 Å². The van der Waals surface area contributed by atoms with Gasteiger partial charge in [-0.25, -0.2) is 0 Å². The number of nitrogens with zero attached hydrogens (tertiary/aromatic N) is 3. The molecular formula is C7H11N3. The molecule has 0 fully saturated rings. The molecule has 0 aliphatic heterocycles. The lowest BCUT2D eigenvalue weighted by Crippen LogP contribution is -1.96. The van der Waals surface area contributed by atoms with Gasteiger partial charge in [0.1, 0.15) is 0 Å². The molecule has 0 atom stereocenters. The van der Waals surface area contributed by atoms with Gasteiger partial charge in [-0.1, -0.05) is 13.8 Å². The van der Waals surface area contributed by atoms with Crippen molar-refractivity contribution in [2.24, 2.45) is 5.92 Å². The fraction of sp³-hybridized carbons (Fsp3) is 0.571. The second kappa shape index (κ2) is 3.25. The van der Waals surface area contributed by atoms with Crippen LogP contribution < -0.4 is 0 Å². The first-order chi connectivity index (χ1) is 4.79. The molecule has 0 aliphatic rings. The van der Waals surface area contributed by atoms with Crippen LogP contribution in [0.2, 0.25) is 0 Å². The zero-order chi connectivity index (χ0) is 7.40. The molecule has 0 saturated heterocycles. The van der Waals surface area contributed by atoms with Crippen LogP contribution >= 0.6 is 0 Å². The maximum absolute atomic E-state index is 3.68. The van der Waals surface area contributed by atoms with Crippen LogP contribution in [0.1, 0.15) is 19.4 Å². The predicted molar refractivity (Wildman–Crippen MR) is 38.4 cm³/mol. The molecule has 0 amide bonds. The lowest BCUT2D eigenvalue weighted by molar-refractivity contribution is 0.638. The summed E-state index contributed by atoms with van der Waals surface area (Å²) in [5.41, 5.74) is 1.16. The first-order valence-corrected chi connectivity index (χ1v) is 3.41. The second-order valence-corrected chi connectivity index (χ2v) is 2.75. The molecule has 0 aliphatic carbocycles. The Morgan fingerprint density at radius 1 is 1.30 bits per heavy atom. The molecule has 0 unspecified atom stereocenters. The Hall–Kier alpha value is -0.990. The van der Waals surface area contributed by atoms with Crippen molar-refractivity contribution in [3.05, 3.63) is 18.0 Å². The standard InChI is InChI=1S/C7H11N3/c1-6(2)3-7-4-8-10-9-5-7/h4-6H,3H2,1-2H3. The third-order valence-electron chi connectivity index (χ3n) is 1.19. The third kappa shape index (κ3) is 2.09. The Morgan fingerprint density at radius 3 is 2.40 bits per heavy atom. The van der Waals surface area contributed by atoms with Crippen molar-refractivity contribution in [1.82, 2.24) is 15.4 Å². The normalized spacial score (nSPS) is 10.3. The minimum Gasteiger partial charge on any atom is -0.138 e. The van der Waals surface area contributed by atoms with Crippen LogP contribution in [0, 0.1) is 5.92 Å². The van der Waals surface area contributed by atoms with E-state index in [1.807, 2.05) is 0 Å². The number of rotatable bonds is 2. The SMILES string of the molecule is CC(C)Cc1cnnnc1. The summed E-state index contributed by atoms with van der Waals surface area (Å²) in [6.45, 7) is 4.33. The fourth-order valence-corrected chi connectivity index (χ4v) is 0.840. The topological polar surface area (TPSA) is 38.7 Å². The number of hydrogen-bond donors (Lipinski definition) is 0. The highest BCUT2D eigenvalue weighted by Crippen LogP contribution is 2.02. The van der Waals surface area contributed by atoms with E-state index >= 15 is 0 Å². The Bertz CT molecular complexity index is 183. The summed E-state index contributed by atoms with van der Waals surface area (Å²) < 4.78 is 0. The van der Waals surface area contributed by atoms with E-state index in [2.05, 4.69) is 29.3 Å². The highest BCUT2D eigenvalue weighted by Gasteiger charge is 1.96. The van der Waals surface area contributed by atoms with Crippen molar-refractivity contribution < 1.29 is 0 Å². The second-order valence-electron chi connectivity index (χ2n) is 2.75. The van der Waals surface area contributed by atoms with Crippen molar-refractivity contribution in [2.45, 2.75) is 20.3 Å². The zero-order valence-electron chi connectivity index (χ0n) is 6.28. The van der Waals surface area contributed by atoms with Crippen molar-refractivity contribution >= 4 is 0 Å². The molecule has 0 N–H and O–H groups in total. The minimum atomic E-state index is 0.658. The highest BCUT2D eigenvalue weighted by molar-refractivity contribution is 5.00. The van der Waals surface area contributed by atoms with Gasteiger partial charge in [0.05, 0.1) is 12.4 Å². The monoisotopic (exact) mass is 137 g/mol. The van der Waals surface area contributed by atoms with Gasteiger partial charge in [-0.2, -0.15) is 0 Å². The smallest absolute Gasteiger partial charge is 0.0562 e. The third-order valence-corrected chi connectivity index (χ3v) is 1.19. The lowest BCUT2D eigenvalue weighted by atomic mass is 10.1. The quantitative estimate of drug-likeness (QED) is 0.612. The molecule has 0 saturated carbocycles. The molecule has 0 spiro atoms. The van der Waals surface area contributed by atoms with Gasteiger partial charge in [0.25, 0.3) is 0 Å². The molecule has 1 aromatic heterocycles. The summed E-state index contributed by atoms with van der Waals surface area (Å²) in [6, 6.07) is 0.